The van der Waals surface area contributed by atoms with Crippen molar-refractivity contribution in [3.8, 4) is 50.2 Å². The van der Waals surface area contributed by atoms with Gasteiger partial charge in [0.25, 0.3) is 0 Å². The van der Waals surface area contributed by atoms with Gasteiger partial charge in [-0.3, -0.25) is 0 Å². The summed E-state index contributed by atoms with van der Waals surface area (Å²) in [6.45, 7) is 9.53. The summed E-state index contributed by atoms with van der Waals surface area (Å²) in [5, 5.41) is 4.65. The lowest BCUT2D eigenvalue weighted by Gasteiger charge is -2.31. The van der Waals surface area contributed by atoms with Crippen LogP contribution in [0.5, 0.6) is 0 Å². The number of rotatable bonds is 6. The summed E-state index contributed by atoms with van der Waals surface area (Å²) in [6, 6.07) is 80.6. The highest BCUT2D eigenvalue weighted by Crippen LogP contribution is 2.58. The van der Waals surface area contributed by atoms with Crippen LogP contribution in [0.3, 0.4) is 0 Å². The Kier molecular flexibility index (Phi) is 8.38. The number of hydrogen-bond donors (Lipinski definition) is 0. The number of aromatic nitrogens is 1. The van der Waals surface area contributed by atoms with Gasteiger partial charge in [-0.05, 0) is 128 Å². The average molecular weight is 885 g/mol. The molecule has 0 radical (unpaired) electrons. The molecule has 0 fully saturated rings. The summed E-state index contributed by atoms with van der Waals surface area (Å²) in [6.07, 6.45) is 0. The lowest BCUT2D eigenvalue weighted by Crippen LogP contribution is -2.18. The Morgan fingerprint density at radius 1 is 0.377 bits per heavy atom. The number of hydrogen-bond acceptors (Lipinski definition) is 2. The molecule has 0 saturated carbocycles. The Hall–Kier alpha value is -8.40. The van der Waals surface area contributed by atoms with Gasteiger partial charge in [0, 0.05) is 43.9 Å². The molecule has 2 heterocycles. The molecule has 0 spiro atoms. The first-order valence-corrected chi connectivity index (χ1v) is 24.2. The highest BCUT2D eigenvalue weighted by atomic mass is 16.3. The highest BCUT2D eigenvalue weighted by Gasteiger charge is 2.40. The molecule has 0 aliphatic heterocycles. The van der Waals surface area contributed by atoms with E-state index in [9.17, 15) is 0 Å². The summed E-state index contributed by atoms with van der Waals surface area (Å²) < 4.78 is 9.40. The van der Waals surface area contributed by atoms with E-state index in [4.69, 9.17) is 4.42 Å². The molecule has 0 unspecified atom stereocenters. The zero-order valence-electron chi connectivity index (χ0n) is 39.1. The number of para-hydroxylation sites is 2. The van der Waals surface area contributed by atoms with Gasteiger partial charge in [0.15, 0.2) is 0 Å². The Bertz CT molecular complexity index is 4070. The summed E-state index contributed by atoms with van der Waals surface area (Å²) in [5.74, 6) is 0. The van der Waals surface area contributed by atoms with E-state index in [0.29, 0.717) is 0 Å². The molecule has 14 rings (SSSR count). The summed E-state index contributed by atoms with van der Waals surface area (Å²) in [5.41, 5.74) is 23.3. The smallest absolute Gasteiger partial charge is 0.137 e. The number of furan rings is 1. The first kappa shape index (κ1) is 39.7. The lowest BCUT2D eigenvalue weighted by atomic mass is 9.81. The normalized spacial score (nSPS) is 14.0. The topological polar surface area (TPSA) is 21.3 Å². The minimum atomic E-state index is -0.235. The van der Waals surface area contributed by atoms with E-state index in [-0.39, 0.29) is 10.8 Å². The van der Waals surface area contributed by atoms with Gasteiger partial charge >= 0.3 is 0 Å². The van der Waals surface area contributed by atoms with E-state index in [0.717, 1.165) is 55.8 Å². The molecule has 328 valence electrons. The highest BCUT2D eigenvalue weighted by molar-refractivity contribution is 6.20. The van der Waals surface area contributed by atoms with Gasteiger partial charge in [-0.25, -0.2) is 0 Å². The molecule has 2 aromatic heterocycles. The van der Waals surface area contributed by atoms with Crippen LogP contribution in [0.25, 0.3) is 93.9 Å². The second-order valence-electron chi connectivity index (χ2n) is 20.0. The minimum absolute atomic E-state index is 0.196. The third kappa shape index (κ3) is 5.68. The molecule has 3 nitrogen and oxygen atoms in total. The Labute approximate surface area is 402 Å². The molecule has 0 atom stereocenters. The first-order chi connectivity index (χ1) is 33.8. The van der Waals surface area contributed by atoms with Crippen molar-refractivity contribution in [1.82, 2.24) is 4.57 Å². The van der Waals surface area contributed by atoms with Crippen molar-refractivity contribution >= 4 is 60.8 Å². The second-order valence-corrected chi connectivity index (χ2v) is 20.0. The largest absolute Gasteiger partial charge is 0.456 e. The standard InChI is InChI=1S/C66H48N2O/c1-65(2)52-27-14-11-23-47(52)48-36-34-45(40-54(48)65)68(59-39-43(41-19-7-5-8-20-41)37-55-62(59)51-25-12-15-28-53(51)66(55,3)4)57-30-18-32-61-64(57)63-46(26-17-31-60(63)69-61)42-33-35-50-49-24-13-16-29-56(49)67(58(50)38-42)44-21-9-6-10-22-44/h5-40H,1-4H3. The van der Waals surface area contributed by atoms with Gasteiger partial charge in [-0.15, -0.1) is 0 Å². The molecule has 69 heavy (non-hydrogen) atoms. The maximum Gasteiger partial charge on any atom is 0.137 e. The molecule has 0 saturated heterocycles. The fourth-order valence-electron chi connectivity index (χ4n) is 12.3. The van der Waals surface area contributed by atoms with Gasteiger partial charge in [-0.2, -0.15) is 0 Å². The molecule has 10 aromatic carbocycles. The Morgan fingerprint density at radius 3 is 1.81 bits per heavy atom. The van der Waals surface area contributed by atoms with E-state index in [1.807, 2.05) is 0 Å². The predicted molar refractivity (Wildman–Crippen MR) is 289 cm³/mol. The maximum atomic E-state index is 7.00. The van der Waals surface area contributed by atoms with Gasteiger partial charge in [0.05, 0.1) is 27.8 Å². The number of fused-ring (bicyclic) bond motifs is 12. The van der Waals surface area contributed by atoms with Gasteiger partial charge < -0.3 is 13.9 Å². The third-order valence-corrected chi connectivity index (χ3v) is 15.6. The molecule has 2 aliphatic rings. The van der Waals surface area contributed by atoms with Crippen molar-refractivity contribution in [3.63, 3.8) is 0 Å². The third-order valence-electron chi connectivity index (χ3n) is 15.6. The van der Waals surface area contributed by atoms with Gasteiger partial charge in [0.1, 0.15) is 11.2 Å². The molecule has 12 aromatic rings. The fraction of sp³-hybridized carbons (Fsp3) is 0.0909. The van der Waals surface area contributed by atoms with Crippen LogP contribution in [0.4, 0.5) is 17.1 Å². The second kappa shape index (κ2) is 14.6. The summed E-state index contributed by atoms with van der Waals surface area (Å²) >= 11 is 0. The molecule has 2 aliphatic carbocycles. The van der Waals surface area contributed by atoms with Crippen LogP contribution in [0, 0.1) is 0 Å². The number of nitrogens with zero attached hydrogens (tertiary/aromatic N) is 2. The SMILES string of the molecule is CC1(C)c2ccccc2-c2ccc(N(c3cc(-c4ccccc4)cc4c3-c3ccccc3C4(C)C)c3cccc4oc5cccc(-c6ccc7c8ccccc8n(-c8ccccc8)c7c6)c5c34)cc21. The van der Waals surface area contributed by atoms with Crippen LogP contribution in [0.15, 0.2) is 223 Å². The average Bonchev–Trinajstić information content (AvgIpc) is 4.08. The molecular formula is C66H48N2O. The van der Waals surface area contributed by atoms with E-state index in [2.05, 4.69) is 256 Å². The Balaban J connectivity index is 1.08. The van der Waals surface area contributed by atoms with Crippen LogP contribution in [0.2, 0.25) is 0 Å². The van der Waals surface area contributed by atoms with E-state index in [1.54, 1.807) is 0 Å². The van der Waals surface area contributed by atoms with Crippen LogP contribution in [0.1, 0.15) is 49.9 Å². The van der Waals surface area contributed by atoms with Gasteiger partial charge in [0.2, 0.25) is 0 Å². The zero-order valence-corrected chi connectivity index (χ0v) is 39.1. The lowest BCUT2D eigenvalue weighted by molar-refractivity contribution is 0.660. The van der Waals surface area contributed by atoms with Crippen molar-refractivity contribution in [2.24, 2.45) is 0 Å². The van der Waals surface area contributed by atoms with Crippen molar-refractivity contribution in [3.05, 3.63) is 241 Å². The summed E-state index contributed by atoms with van der Waals surface area (Å²) in [7, 11) is 0. The summed E-state index contributed by atoms with van der Waals surface area (Å²) in [4.78, 5) is 2.56. The van der Waals surface area contributed by atoms with Crippen molar-refractivity contribution < 1.29 is 4.42 Å². The number of benzene rings is 10. The monoisotopic (exact) mass is 884 g/mol. The van der Waals surface area contributed by atoms with Crippen LogP contribution >= 0.6 is 0 Å². The van der Waals surface area contributed by atoms with Crippen LogP contribution in [-0.4, -0.2) is 4.57 Å². The van der Waals surface area contributed by atoms with Crippen molar-refractivity contribution in [2.75, 3.05) is 4.90 Å². The molecular weight excluding hydrogens is 837 g/mol. The van der Waals surface area contributed by atoms with E-state index < -0.39 is 0 Å². The van der Waals surface area contributed by atoms with E-state index >= 15 is 0 Å². The molecule has 0 amide bonds. The van der Waals surface area contributed by atoms with E-state index in [1.165, 1.54) is 77.4 Å². The molecule has 3 heteroatoms. The van der Waals surface area contributed by atoms with Crippen LogP contribution in [-0.2, 0) is 10.8 Å². The quantitative estimate of drug-likeness (QED) is 0.166. The van der Waals surface area contributed by atoms with Crippen molar-refractivity contribution in [2.45, 2.75) is 38.5 Å². The minimum Gasteiger partial charge on any atom is -0.456 e. The van der Waals surface area contributed by atoms with Crippen molar-refractivity contribution in [1.29, 1.82) is 0 Å². The number of anilines is 3. The first-order valence-electron chi connectivity index (χ1n) is 24.2. The fourth-order valence-corrected chi connectivity index (χ4v) is 12.3. The van der Waals surface area contributed by atoms with Gasteiger partial charge in [-0.1, -0.05) is 179 Å². The molecule has 0 bridgehead atoms. The van der Waals surface area contributed by atoms with Crippen LogP contribution < -0.4 is 4.90 Å². The maximum absolute atomic E-state index is 7.00. The zero-order chi connectivity index (χ0) is 46.2. The Morgan fingerprint density at radius 2 is 1.00 bits per heavy atom. The predicted octanol–water partition coefficient (Wildman–Crippen LogP) is 18.1. The molecule has 0 N–H and O–H groups in total.